The minimum atomic E-state index is -0.194. The van der Waals surface area contributed by atoms with Gasteiger partial charge in [0.15, 0.2) is 5.82 Å². The first-order chi connectivity index (χ1) is 12.6. The van der Waals surface area contributed by atoms with Gasteiger partial charge in [0.25, 0.3) is 5.56 Å². The lowest BCUT2D eigenvalue weighted by atomic mass is 10.2. The fourth-order valence-corrected chi connectivity index (χ4v) is 3.42. The van der Waals surface area contributed by atoms with Crippen LogP contribution in [0.2, 0.25) is 0 Å². The summed E-state index contributed by atoms with van der Waals surface area (Å²) in [6, 6.07) is 11.3. The number of hydrogen-bond donors (Lipinski definition) is 0. The Morgan fingerprint density at radius 1 is 1.23 bits per heavy atom. The van der Waals surface area contributed by atoms with E-state index in [0.717, 1.165) is 23.5 Å². The van der Waals surface area contributed by atoms with Crippen molar-refractivity contribution in [3.8, 4) is 17.1 Å². The van der Waals surface area contributed by atoms with Gasteiger partial charge in [0.05, 0.1) is 6.61 Å². The van der Waals surface area contributed by atoms with Crippen LogP contribution in [0.5, 0.6) is 5.75 Å². The Bertz CT molecular complexity index is 1160. The van der Waals surface area contributed by atoms with E-state index in [9.17, 15) is 4.79 Å². The highest BCUT2D eigenvalue weighted by Gasteiger charge is 2.12. The monoisotopic (exact) mass is 367 g/mol. The summed E-state index contributed by atoms with van der Waals surface area (Å²) in [6.45, 7) is 4.62. The topological polar surface area (TPSA) is 69.6 Å². The third-order valence-corrected chi connectivity index (χ3v) is 4.76. The molecule has 0 aliphatic rings. The van der Waals surface area contributed by atoms with Gasteiger partial charge < -0.3 is 9.15 Å². The normalized spacial score (nSPS) is 12.2. The average molecular weight is 367 g/mol. The summed E-state index contributed by atoms with van der Waals surface area (Å²) in [5.41, 5.74) is 0.650. The first kappa shape index (κ1) is 16.5. The zero-order valence-electron chi connectivity index (χ0n) is 14.4. The molecule has 0 saturated heterocycles. The highest BCUT2D eigenvalue weighted by Crippen LogP contribution is 2.20. The molecule has 0 fully saturated rings. The molecule has 0 atom stereocenters. The molecule has 0 spiro atoms. The van der Waals surface area contributed by atoms with Gasteiger partial charge in [0.2, 0.25) is 4.96 Å². The van der Waals surface area contributed by atoms with Crippen LogP contribution in [0.4, 0.5) is 0 Å². The van der Waals surface area contributed by atoms with E-state index < -0.39 is 0 Å². The Morgan fingerprint density at radius 3 is 2.69 bits per heavy atom. The van der Waals surface area contributed by atoms with E-state index >= 15 is 0 Å². The SMILES string of the molecule is CCCOc1ccc(-c2nc3sc(=Cc4ccc(C)o4)c(=O)n3n2)cc1. The Hall–Kier alpha value is -2.93. The van der Waals surface area contributed by atoms with E-state index in [-0.39, 0.29) is 5.56 Å². The largest absolute Gasteiger partial charge is 0.494 e. The summed E-state index contributed by atoms with van der Waals surface area (Å²) < 4.78 is 13.0. The molecule has 26 heavy (non-hydrogen) atoms. The molecular weight excluding hydrogens is 350 g/mol. The second-order valence-corrected chi connectivity index (χ2v) is 6.88. The van der Waals surface area contributed by atoms with Crippen LogP contribution < -0.4 is 14.8 Å². The van der Waals surface area contributed by atoms with Crippen LogP contribution in [0, 0.1) is 6.92 Å². The lowest BCUT2D eigenvalue weighted by Crippen LogP contribution is -2.23. The minimum Gasteiger partial charge on any atom is -0.494 e. The molecule has 132 valence electrons. The van der Waals surface area contributed by atoms with Crippen molar-refractivity contribution in [3.63, 3.8) is 0 Å². The van der Waals surface area contributed by atoms with Crippen molar-refractivity contribution < 1.29 is 9.15 Å². The number of ether oxygens (including phenoxy) is 1. The molecule has 0 amide bonds. The molecule has 0 N–H and O–H groups in total. The van der Waals surface area contributed by atoms with E-state index in [1.54, 1.807) is 6.08 Å². The molecule has 4 aromatic rings. The van der Waals surface area contributed by atoms with Crippen LogP contribution in [0.1, 0.15) is 24.9 Å². The molecule has 3 aromatic heterocycles. The van der Waals surface area contributed by atoms with Crippen LogP contribution >= 0.6 is 11.3 Å². The second kappa shape index (κ2) is 6.76. The first-order valence-corrected chi connectivity index (χ1v) is 9.16. The Kier molecular flexibility index (Phi) is 4.30. The lowest BCUT2D eigenvalue weighted by molar-refractivity contribution is 0.317. The lowest BCUT2D eigenvalue weighted by Gasteiger charge is -2.04. The standard InChI is InChI=1S/C19H17N3O3S/c1-3-10-24-14-8-5-13(6-9-14)17-20-19-22(21-17)18(23)16(26-19)11-15-7-4-12(2)25-15/h4-9,11H,3,10H2,1-2H3. The van der Waals surface area contributed by atoms with Crippen molar-refractivity contribution >= 4 is 22.4 Å². The zero-order valence-corrected chi connectivity index (χ0v) is 15.2. The van der Waals surface area contributed by atoms with Crippen molar-refractivity contribution in [2.24, 2.45) is 0 Å². The van der Waals surface area contributed by atoms with Crippen LogP contribution in [-0.4, -0.2) is 21.2 Å². The number of benzene rings is 1. The van der Waals surface area contributed by atoms with Crippen molar-refractivity contribution in [3.05, 3.63) is 62.8 Å². The third kappa shape index (κ3) is 3.13. The van der Waals surface area contributed by atoms with Gasteiger partial charge >= 0.3 is 0 Å². The van der Waals surface area contributed by atoms with E-state index in [1.165, 1.54) is 15.9 Å². The van der Waals surface area contributed by atoms with Crippen LogP contribution in [0.15, 0.2) is 45.6 Å². The van der Waals surface area contributed by atoms with Crippen LogP contribution in [0.25, 0.3) is 22.4 Å². The Labute approximate surface area is 153 Å². The molecule has 0 aliphatic carbocycles. The van der Waals surface area contributed by atoms with Gasteiger partial charge in [-0.3, -0.25) is 4.79 Å². The van der Waals surface area contributed by atoms with Gasteiger partial charge in [0.1, 0.15) is 21.8 Å². The molecule has 3 heterocycles. The van der Waals surface area contributed by atoms with Gasteiger partial charge in [-0.2, -0.15) is 9.50 Å². The number of hydrogen-bond acceptors (Lipinski definition) is 6. The van der Waals surface area contributed by atoms with Crippen molar-refractivity contribution in [1.82, 2.24) is 14.6 Å². The predicted molar refractivity (Wildman–Crippen MR) is 101 cm³/mol. The first-order valence-electron chi connectivity index (χ1n) is 8.35. The van der Waals surface area contributed by atoms with Crippen LogP contribution in [0.3, 0.4) is 0 Å². The molecule has 0 unspecified atom stereocenters. The number of rotatable bonds is 5. The van der Waals surface area contributed by atoms with Gasteiger partial charge in [0, 0.05) is 11.6 Å². The maximum absolute atomic E-state index is 12.5. The zero-order chi connectivity index (χ0) is 18.1. The van der Waals surface area contributed by atoms with Crippen LogP contribution in [-0.2, 0) is 0 Å². The molecule has 0 aliphatic heterocycles. The number of aromatic nitrogens is 3. The fourth-order valence-electron chi connectivity index (χ4n) is 2.54. The summed E-state index contributed by atoms with van der Waals surface area (Å²) in [5.74, 6) is 2.78. The fraction of sp³-hybridized carbons (Fsp3) is 0.211. The second-order valence-electron chi connectivity index (χ2n) is 5.87. The van der Waals surface area contributed by atoms with Gasteiger partial charge in [-0.25, -0.2) is 0 Å². The van der Waals surface area contributed by atoms with E-state index in [1.807, 2.05) is 43.3 Å². The molecule has 0 saturated carbocycles. The summed E-state index contributed by atoms with van der Waals surface area (Å²) in [4.78, 5) is 17.6. The van der Waals surface area contributed by atoms with E-state index in [0.29, 0.717) is 27.7 Å². The molecule has 4 rings (SSSR count). The summed E-state index contributed by atoms with van der Waals surface area (Å²) in [7, 11) is 0. The molecule has 1 aromatic carbocycles. The average Bonchev–Trinajstić information content (AvgIpc) is 3.32. The molecule has 0 bridgehead atoms. The van der Waals surface area contributed by atoms with Gasteiger partial charge in [-0.15, -0.1) is 5.10 Å². The van der Waals surface area contributed by atoms with E-state index in [4.69, 9.17) is 9.15 Å². The van der Waals surface area contributed by atoms with Crippen molar-refractivity contribution in [1.29, 1.82) is 0 Å². The van der Waals surface area contributed by atoms with Crippen molar-refractivity contribution in [2.75, 3.05) is 6.61 Å². The molecule has 0 radical (unpaired) electrons. The Morgan fingerprint density at radius 2 is 2.04 bits per heavy atom. The predicted octanol–water partition coefficient (Wildman–Crippen LogP) is 3.06. The number of furan rings is 1. The maximum Gasteiger partial charge on any atom is 0.291 e. The summed E-state index contributed by atoms with van der Waals surface area (Å²) in [5, 5.41) is 4.35. The number of fused-ring (bicyclic) bond motifs is 1. The smallest absolute Gasteiger partial charge is 0.291 e. The maximum atomic E-state index is 12.5. The van der Waals surface area contributed by atoms with E-state index in [2.05, 4.69) is 17.0 Å². The highest BCUT2D eigenvalue weighted by molar-refractivity contribution is 7.15. The molecule has 6 nitrogen and oxygen atoms in total. The highest BCUT2D eigenvalue weighted by atomic mass is 32.1. The van der Waals surface area contributed by atoms with Gasteiger partial charge in [-0.05, 0) is 49.7 Å². The molecular formula is C19H17N3O3S. The van der Waals surface area contributed by atoms with Crippen molar-refractivity contribution in [2.45, 2.75) is 20.3 Å². The minimum absolute atomic E-state index is 0.194. The summed E-state index contributed by atoms with van der Waals surface area (Å²) >= 11 is 1.29. The quantitative estimate of drug-likeness (QED) is 0.542. The Balaban J connectivity index is 1.67. The molecule has 7 heteroatoms. The number of nitrogens with zero attached hydrogens (tertiary/aromatic N) is 3. The number of aryl methyl sites for hydroxylation is 1. The third-order valence-electron chi connectivity index (χ3n) is 3.80. The number of thiazole rings is 1. The van der Waals surface area contributed by atoms with Gasteiger partial charge in [-0.1, -0.05) is 18.3 Å². The summed E-state index contributed by atoms with van der Waals surface area (Å²) in [6.07, 6.45) is 2.68.